The van der Waals surface area contributed by atoms with Gasteiger partial charge in [-0.2, -0.15) is 0 Å². The minimum atomic E-state index is 0.569. The Morgan fingerprint density at radius 1 is 1.39 bits per heavy atom. The Morgan fingerprint density at radius 2 is 2.17 bits per heavy atom. The van der Waals surface area contributed by atoms with E-state index in [4.69, 9.17) is 17.3 Å². The molecule has 0 radical (unpaired) electrons. The Labute approximate surface area is 114 Å². The molecule has 18 heavy (non-hydrogen) atoms. The summed E-state index contributed by atoms with van der Waals surface area (Å²) < 4.78 is 0. The fourth-order valence-corrected chi connectivity index (χ4v) is 3.14. The van der Waals surface area contributed by atoms with Crippen molar-refractivity contribution < 1.29 is 0 Å². The van der Waals surface area contributed by atoms with E-state index in [1.807, 2.05) is 18.2 Å². The SMILES string of the molecule is CN(Cc1cccc(Cl)n1)C1CCCCC1CN. The summed E-state index contributed by atoms with van der Waals surface area (Å²) in [4.78, 5) is 6.74. The topological polar surface area (TPSA) is 42.2 Å². The highest BCUT2D eigenvalue weighted by atomic mass is 35.5. The smallest absolute Gasteiger partial charge is 0.129 e. The number of aromatic nitrogens is 1. The summed E-state index contributed by atoms with van der Waals surface area (Å²) in [5.74, 6) is 0.628. The first-order valence-corrected chi connectivity index (χ1v) is 7.10. The van der Waals surface area contributed by atoms with Crippen LogP contribution in [0.1, 0.15) is 31.4 Å². The van der Waals surface area contributed by atoms with Crippen molar-refractivity contribution in [3.8, 4) is 0 Å². The first-order valence-electron chi connectivity index (χ1n) is 6.72. The molecule has 1 fully saturated rings. The summed E-state index contributed by atoms with van der Waals surface area (Å²) in [5.41, 5.74) is 6.92. The van der Waals surface area contributed by atoms with Crippen LogP contribution in [0.25, 0.3) is 0 Å². The van der Waals surface area contributed by atoms with Crippen molar-refractivity contribution in [2.75, 3.05) is 13.6 Å². The van der Waals surface area contributed by atoms with Gasteiger partial charge in [0.05, 0.1) is 5.69 Å². The van der Waals surface area contributed by atoms with Crippen molar-refractivity contribution in [3.63, 3.8) is 0 Å². The van der Waals surface area contributed by atoms with Crippen LogP contribution in [-0.2, 0) is 6.54 Å². The second-order valence-electron chi connectivity index (χ2n) is 5.21. The first kappa shape index (κ1) is 13.8. The summed E-state index contributed by atoms with van der Waals surface area (Å²) in [7, 11) is 2.17. The predicted molar refractivity (Wildman–Crippen MR) is 75.5 cm³/mol. The molecular formula is C14H22ClN3. The Kier molecular flexibility index (Phi) is 4.98. The lowest BCUT2D eigenvalue weighted by atomic mass is 9.83. The molecular weight excluding hydrogens is 246 g/mol. The third kappa shape index (κ3) is 3.44. The molecule has 0 amide bonds. The molecule has 1 heterocycles. The van der Waals surface area contributed by atoms with Gasteiger partial charge in [-0.25, -0.2) is 4.98 Å². The lowest BCUT2D eigenvalue weighted by Crippen LogP contribution is -2.42. The van der Waals surface area contributed by atoms with Crippen LogP contribution >= 0.6 is 11.6 Å². The molecule has 4 heteroatoms. The number of nitrogens with zero attached hydrogens (tertiary/aromatic N) is 2. The van der Waals surface area contributed by atoms with E-state index in [-0.39, 0.29) is 0 Å². The molecule has 0 spiro atoms. The molecule has 1 aromatic rings. The number of halogens is 1. The van der Waals surface area contributed by atoms with E-state index < -0.39 is 0 Å². The average Bonchev–Trinajstić information content (AvgIpc) is 2.38. The Hall–Kier alpha value is -0.640. The average molecular weight is 268 g/mol. The molecule has 1 aliphatic rings. The van der Waals surface area contributed by atoms with E-state index in [0.29, 0.717) is 17.1 Å². The van der Waals surface area contributed by atoms with Crippen LogP contribution < -0.4 is 5.73 Å². The van der Waals surface area contributed by atoms with Crippen molar-refractivity contribution >= 4 is 11.6 Å². The molecule has 2 N–H and O–H groups in total. The highest BCUT2D eigenvalue weighted by Crippen LogP contribution is 2.27. The van der Waals surface area contributed by atoms with Crippen LogP contribution in [0, 0.1) is 5.92 Å². The molecule has 0 saturated heterocycles. The third-order valence-electron chi connectivity index (χ3n) is 3.92. The Morgan fingerprint density at radius 3 is 2.89 bits per heavy atom. The van der Waals surface area contributed by atoms with E-state index in [1.54, 1.807) is 0 Å². The number of rotatable bonds is 4. The molecule has 0 aromatic carbocycles. The molecule has 1 aromatic heterocycles. The van der Waals surface area contributed by atoms with Gasteiger partial charge in [0.1, 0.15) is 5.15 Å². The van der Waals surface area contributed by atoms with E-state index in [9.17, 15) is 0 Å². The van der Waals surface area contributed by atoms with Gasteiger partial charge in [-0.1, -0.05) is 30.5 Å². The van der Waals surface area contributed by atoms with Crippen LogP contribution in [0.2, 0.25) is 5.15 Å². The number of hydrogen-bond acceptors (Lipinski definition) is 3. The van der Waals surface area contributed by atoms with Crippen LogP contribution in [0.5, 0.6) is 0 Å². The molecule has 3 nitrogen and oxygen atoms in total. The van der Waals surface area contributed by atoms with E-state index in [1.165, 1.54) is 25.7 Å². The van der Waals surface area contributed by atoms with Crippen LogP contribution in [0.3, 0.4) is 0 Å². The van der Waals surface area contributed by atoms with Gasteiger partial charge < -0.3 is 5.73 Å². The Balaban J connectivity index is 1.99. The molecule has 100 valence electrons. The summed E-state index contributed by atoms with van der Waals surface area (Å²) in [6.07, 6.45) is 5.14. The second-order valence-corrected chi connectivity index (χ2v) is 5.60. The standard InChI is InChI=1S/C14H22ClN3/c1-18(10-12-6-4-8-14(15)17-12)13-7-3-2-5-11(13)9-16/h4,6,8,11,13H,2-3,5,7,9-10,16H2,1H3. The van der Waals surface area contributed by atoms with Gasteiger partial charge in [-0.3, -0.25) is 4.90 Å². The van der Waals surface area contributed by atoms with Crippen LogP contribution in [0.15, 0.2) is 18.2 Å². The molecule has 2 unspecified atom stereocenters. The van der Waals surface area contributed by atoms with Crippen LogP contribution in [-0.4, -0.2) is 29.5 Å². The van der Waals surface area contributed by atoms with Gasteiger partial charge >= 0.3 is 0 Å². The highest BCUT2D eigenvalue weighted by molar-refractivity contribution is 6.29. The van der Waals surface area contributed by atoms with Crippen molar-refractivity contribution in [1.82, 2.24) is 9.88 Å². The number of pyridine rings is 1. The summed E-state index contributed by atoms with van der Waals surface area (Å²) in [6, 6.07) is 6.39. The largest absolute Gasteiger partial charge is 0.330 e. The van der Waals surface area contributed by atoms with Gasteiger partial charge in [0.15, 0.2) is 0 Å². The van der Waals surface area contributed by atoms with Gasteiger partial charge in [0.25, 0.3) is 0 Å². The molecule has 2 rings (SSSR count). The van der Waals surface area contributed by atoms with E-state index in [2.05, 4.69) is 16.9 Å². The minimum Gasteiger partial charge on any atom is -0.330 e. The number of hydrogen-bond donors (Lipinski definition) is 1. The van der Waals surface area contributed by atoms with E-state index in [0.717, 1.165) is 18.8 Å². The maximum absolute atomic E-state index is 5.92. The van der Waals surface area contributed by atoms with Crippen LogP contribution in [0.4, 0.5) is 0 Å². The zero-order valence-electron chi connectivity index (χ0n) is 11.0. The summed E-state index contributed by atoms with van der Waals surface area (Å²) >= 11 is 5.92. The van der Waals surface area contributed by atoms with E-state index >= 15 is 0 Å². The molecule has 2 atom stereocenters. The molecule has 0 aliphatic heterocycles. The monoisotopic (exact) mass is 267 g/mol. The van der Waals surface area contributed by atoms with Gasteiger partial charge in [0.2, 0.25) is 0 Å². The lowest BCUT2D eigenvalue weighted by Gasteiger charge is -2.37. The van der Waals surface area contributed by atoms with Gasteiger partial charge in [0, 0.05) is 12.6 Å². The van der Waals surface area contributed by atoms with Crippen molar-refractivity contribution in [2.45, 2.75) is 38.3 Å². The second kappa shape index (κ2) is 6.50. The lowest BCUT2D eigenvalue weighted by molar-refractivity contribution is 0.126. The quantitative estimate of drug-likeness (QED) is 0.853. The highest BCUT2D eigenvalue weighted by Gasteiger charge is 2.27. The normalized spacial score (nSPS) is 24.4. The van der Waals surface area contributed by atoms with Crippen molar-refractivity contribution in [3.05, 3.63) is 29.0 Å². The summed E-state index contributed by atoms with van der Waals surface area (Å²) in [5, 5.41) is 0.569. The zero-order valence-corrected chi connectivity index (χ0v) is 11.7. The van der Waals surface area contributed by atoms with Gasteiger partial charge in [-0.05, 0) is 44.5 Å². The minimum absolute atomic E-state index is 0.569. The Bertz CT molecular complexity index is 383. The zero-order chi connectivity index (χ0) is 13.0. The van der Waals surface area contributed by atoms with Crippen molar-refractivity contribution in [2.24, 2.45) is 11.7 Å². The van der Waals surface area contributed by atoms with Gasteiger partial charge in [-0.15, -0.1) is 0 Å². The number of nitrogens with two attached hydrogens (primary N) is 1. The predicted octanol–water partition coefficient (Wildman–Crippen LogP) is 2.68. The first-order chi connectivity index (χ1) is 8.70. The fourth-order valence-electron chi connectivity index (χ4n) is 2.95. The molecule has 0 bridgehead atoms. The maximum atomic E-state index is 5.92. The van der Waals surface area contributed by atoms with Crippen molar-refractivity contribution in [1.29, 1.82) is 0 Å². The molecule has 1 aliphatic carbocycles. The maximum Gasteiger partial charge on any atom is 0.129 e. The summed E-state index contributed by atoms with van der Waals surface area (Å²) in [6.45, 7) is 1.64. The fraction of sp³-hybridized carbons (Fsp3) is 0.643. The molecule has 1 saturated carbocycles. The third-order valence-corrected chi connectivity index (χ3v) is 4.13.